The highest BCUT2D eigenvalue weighted by atomic mass is 35.5. The Morgan fingerprint density at radius 1 is 1.02 bits per heavy atom. The molecule has 0 radical (unpaired) electrons. The van der Waals surface area contributed by atoms with Gasteiger partial charge in [0.2, 0.25) is 10.0 Å². The van der Waals surface area contributed by atoms with Crippen molar-refractivity contribution in [3.63, 3.8) is 0 Å². The summed E-state index contributed by atoms with van der Waals surface area (Å²) in [6, 6.07) is 22.4. The van der Waals surface area contributed by atoms with Crippen LogP contribution in [0.4, 0.5) is 4.79 Å². The average Bonchev–Trinajstić information content (AvgIpc) is 3.27. The summed E-state index contributed by atoms with van der Waals surface area (Å²) >= 11 is 6.23. The fourth-order valence-corrected chi connectivity index (χ4v) is 7.23. The number of piperidine rings is 1. The molecule has 2 amide bonds. The molecule has 1 aliphatic heterocycles. The summed E-state index contributed by atoms with van der Waals surface area (Å²) in [5.41, 5.74) is 3.63. The zero-order valence-corrected chi connectivity index (χ0v) is 26.4. The van der Waals surface area contributed by atoms with Gasteiger partial charge in [0.05, 0.1) is 17.3 Å². The Bertz CT molecular complexity index is 1760. The van der Waals surface area contributed by atoms with Crippen LogP contribution in [0.3, 0.4) is 0 Å². The number of hydrogen-bond acceptors (Lipinski definition) is 6. The van der Waals surface area contributed by atoms with Crippen molar-refractivity contribution in [2.45, 2.75) is 39.8 Å². The van der Waals surface area contributed by atoms with Crippen molar-refractivity contribution in [1.29, 1.82) is 0 Å². The number of para-hydroxylation sites is 1. The lowest BCUT2D eigenvalue weighted by Gasteiger charge is -2.31. The molecule has 9 nitrogen and oxygen atoms in total. The van der Waals surface area contributed by atoms with Crippen molar-refractivity contribution < 1.29 is 27.5 Å². The highest BCUT2D eigenvalue weighted by Gasteiger charge is 2.30. The minimum Gasteiger partial charge on any atom is -0.490 e. The number of ether oxygens (including phenoxy) is 2. The first kappa shape index (κ1) is 31.4. The van der Waals surface area contributed by atoms with Crippen molar-refractivity contribution in [2.24, 2.45) is 5.92 Å². The van der Waals surface area contributed by atoms with Gasteiger partial charge in [0.15, 0.2) is 0 Å². The molecule has 1 atom stereocenters. The van der Waals surface area contributed by atoms with Crippen LogP contribution in [0.5, 0.6) is 5.75 Å². The summed E-state index contributed by atoms with van der Waals surface area (Å²) in [4.78, 5) is 27.8. The molecular weight excluding hydrogens is 602 g/mol. The van der Waals surface area contributed by atoms with Crippen molar-refractivity contribution in [3.8, 4) is 5.75 Å². The van der Waals surface area contributed by atoms with E-state index >= 15 is 0 Å². The minimum absolute atomic E-state index is 0.144. The van der Waals surface area contributed by atoms with E-state index < -0.39 is 22.0 Å². The topological polar surface area (TPSA) is 107 Å². The van der Waals surface area contributed by atoms with Gasteiger partial charge in [-0.3, -0.25) is 4.79 Å². The lowest BCUT2D eigenvalue weighted by atomic mass is 10.0. The molecule has 4 aromatic rings. The summed E-state index contributed by atoms with van der Waals surface area (Å²) in [6.45, 7) is 5.16. The first-order valence-electron chi connectivity index (χ1n) is 14.6. The molecule has 0 spiro atoms. The largest absolute Gasteiger partial charge is 0.490 e. The third kappa shape index (κ3) is 7.54. The second-order valence-electron chi connectivity index (χ2n) is 11.1. The van der Waals surface area contributed by atoms with E-state index in [0.717, 1.165) is 22.0 Å². The first-order chi connectivity index (χ1) is 21.1. The highest BCUT2D eigenvalue weighted by Crippen LogP contribution is 2.28. The number of rotatable bonds is 10. The van der Waals surface area contributed by atoms with Gasteiger partial charge in [0.1, 0.15) is 24.7 Å². The molecular formula is C33H36ClN3O6S. The normalized spacial score (nSPS) is 15.2. The van der Waals surface area contributed by atoms with Gasteiger partial charge in [-0.05, 0) is 68.0 Å². The van der Waals surface area contributed by atoms with E-state index in [1.54, 1.807) is 16.7 Å². The maximum absolute atomic E-state index is 13.6. The third-order valence-electron chi connectivity index (χ3n) is 7.78. The van der Waals surface area contributed by atoms with Crippen LogP contribution in [-0.4, -0.2) is 55.3 Å². The van der Waals surface area contributed by atoms with Crippen molar-refractivity contribution in [3.05, 3.63) is 100 Å². The van der Waals surface area contributed by atoms with Crippen molar-refractivity contribution in [2.75, 3.05) is 25.4 Å². The molecule has 1 aliphatic rings. The van der Waals surface area contributed by atoms with Gasteiger partial charge < -0.3 is 18.9 Å². The van der Waals surface area contributed by atoms with Gasteiger partial charge in [0, 0.05) is 24.0 Å². The Balaban J connectivity index is 1.26. The molecule has 0 bridgehead atoms. The molecule has 232 valence electrons. The number of likely N-dealkylation sites (tertiary alicyclic amines) is 1. The monoisotopic (exact) mass is 637 g/mol. The van der Waals surface area contributed by atoms with E-state index in [0.29, 0.717) is 42.3 Å². The Morgan fingerprint density at radius 3 is 2.55 bits per heavy atom. The fourth-order valence-electron chi connectivity index (χ4n) is 5.69. The number of nitrogens with zero attached hydrogens (tertiary/aromatic N) is 2. The van der Waals surface area contributed by atoms with Crippen LogP contribution in [0.25, 0.3) is 10.9 Å². The zero-order valence-electron chi connectivity index (χ0n) is 24.8. The Kier molecular flexibility index (Phi) is 9.80. The molecule has 5 rings (SSSR count). The van der Waals surface area contributed by atoms with Gasteiger partial charge in [0.25, 0.3) is 5.91 Å². The molecule has 1 fully saturated rings. The van der Waals surface area contributed by atoms with Crippen LogP contribution >= 0.6 is 11.6 Å². The summed E-state index contributed by atoms with van der Waals surface area (Å²) < 4.78 is 42.0. The minimum atomic E-state index is -4.02. The number of carbonyl (C=O) groups excluding carboxylic acids is 2. The number of fused-ring (bicyclic) bond motifs is 1. The number of carbonyl (C=O) groups is 2. The van der Waals surface area contributed by atoms with Gasteiger partial charge in [-0.1, -0.05) is 65.7 Å². The lowest BCUT2D eigenvalue weighted by Crippen LogP contribution is -2.44. The Hall–Kier alpha value is -4.02. The van der Waals surface area contributed by atoms with Gasteiger partial charge >= 0.3 is 6.09 Å². The number of benzene rings is 3. The first-order valence-corrected chi connectivity index (χ1v) is 16.6. The number of sulfonamides is 1. The molecule has 44 heavy (non-hydrogen) atoms. The van der Waals surface area contributed by atoms with E-state index in [4.69, 9.17) is 21.1 Å². The summed E-state index contributed by atoms with van der Waals surface area (Å²) in [6.07, 6.45) is 0.789. The summed E-state index contributed by atoms with van der Waals surface area (Å²) in [5, 5.41) is 1.34. The van der Waals surface area contributed by atoms with Crippen LogP contribution in [0.1, 0.15) is 40.0 Å². The molecule has 1 aromatic heterocycles. The zero-order chi connectivity index (χ0) is 31.3. The van der Waals surface area contributed by atoms with Gasteiger partial charge in [-0.15, -0.1) is 0 Å². The van der Waals surface area contributed by atoms with Gasteiger partial charge in [-0.25, -0.2) is 17.9 Å². The number of amides is 2. The Morgan fingerprint density at radius 2 is 1.77 bits per heavy atom. The predicted octanol–water partition coefficient (Wildman–Crippen LogP) is 6.10. The van der Waals surface area contributed by atoms with Crippen molar-refractivity contribution in [1.82, 2.24) is 14.2 Å². The van der Waals surface area contributed by atoms with Crippen LogP contribution in [-0.2, 0) is 27.9 Å². The highest BCUT2D eigenvalue weighted by molar-refractivity contribution is 7.90. The van der Waals surface area contributed by atoms with Crippen LogP contribution < -0.4 is 9.46 Å². The molecule has 2 heterocycles. The second kappa shape index (κ2) is 13.7. The molecule has 1 saturated heterocycles. The number of hydrogen-bond donors (Lipinski definition) is 1. The van der Waals surface area contributed by atoms with Crippen LogP contribution in [0, 0.1) is 19.8 Å². The van der Waals surface area contributed by atoms with E-state index in [1.807, 2.05) is 74.5 Å². The van der Waals surface area contributed by atoms with E-state index in [-0.39, 0.29) is 37.1 Å². The van der Waals surface area contributed by atoms with E-state index in [9.17, 15) is 18.0 Å². The van der Waals surface area contributed by atoms with Crippen LogP contribution in [0.15, 0.2) is 72.8 Å². The SMILES string of the molecule is Cc1ccc2c(c1)c(C)c(C(=O)NS(=O)(=O)C[C@@H]1CCCN(C(=O)OCc3ccccc3)C1)n2CCOc1ccccc1Cl. The van der Waals surface area contributed by atoms with E-state index in [2.05, 4.69) is 4.72 Å². The van der Waals surface area contributed by atoms with Crippen molar-refractivity contribution >= 4 is 44.5 Å². The summed E-state index contributed by atoms with van der Waals surface area (Å²) in [7, 11) is -4.02. The average molecular weight is 638 g/mol. The maximum Gasteiger partial charge on any atom is 0.410 e. The molecule has 0 saturated carbocycles. The summed E-state index contributed by atoms with van der Waals surface area (Å²) in [5.74, 6) is -0.798. The number of aryl methyl sites for hydroxylation is 2. The van der Waals surface area contributed by atoms with Gasteiger partial charge in [-0.2, -0.15) is 0 Å². The molecule has 0 aliphatic carbocycles. The quantitative estimate of drug-likeness (QED) is 0.225. The Labute approximate surface area is 262 Å². The molecule has 1 N–H and O–H groups in total. The predicted molar refractivity (Wildman–Crippen MR) is 171 cm³/mol. The standard InChI is InChI=1S/C33H36ClN3O6S/c1-23-14-15-29-27(19-23)24(2)31(37(29)17-18-42-30-13-7-6-12-28(30)34)32(38)35-44(40,41)22-26-11-8-16-36(20-26)33(39)43-21-25-9-4-3-5-10-25/h3-7,9-10,12-15,19,26H,8,11,16-18,20-22H2,1-2H3,(H,35,38)/t26-/m1/s1. The second-order valence-corrected chi connectivity index (χ2v) is 13.3. The smallest absolute Gasteiger partial charge is 0.410 e. The molecule has 3 aromatic carbocycles. The maximum atomic E-state index is 13.6. The lowest BCUT2D eigenvalue weighted by molar-refractivity contribution is 0.0811. The van der Waals surface area contributed by atoms with E-state index in [1.165, 1.54) is 4.90 Å². The number of halogens is 1. The van der Waals surface area contributed by atoms with Crippen LogP contribution in [0.2, 0.25) is 5.02 Å². The number of aromatic nitrogens is 1. The molecule has 11 heteroatoms. The number of nitrogens with one attached hydrogen (secondary N) is 1. The molecule has 0 unspecified atom stereocenters. The third-order valence-corrected chi connectivity index (χ3v) is 9.50. The fraction of sp³-hybridized carbons (Fsp3) is 0.333.